The highest BCUT2D eigenvalue weighted by molar-refractivity contribution is 5.27. The van der Waals surface area contributed by atoms with Crippen LogP contribution < -0.4 is 15.8 Å². The molecule has 0 aromatic heterocycles. The zero-order chi connectivity index (χ0) is 14.7. The lowest BCUT2D eigenvalue weighted by molar-refractivity contribution is -0.183. The molecule has 2 atom stereocenters. The lowest BCUT2D eigenvalue weighted by Gasteiger charge is -2.39. The van der Waals surface area contributed by atoms with Gasteiger partial charge in [0.05, 0.1) is 20.3 Å². The Bertz CT molecular complexity index is 457. The van der Waals surface area contributed by atoms with E-state index < -0.39 is 5.79 Å². The van der Waals surface area contributed by atoms with E-state index in [1.807, 2.05) is 12.1 Å². The SMILES string of the molecule is COc1ccc(CN[C@@H]2CCC3(C[C@H]2N)OCCO3)cc1. The van der Waals surface area contributed by atoms with Gasteiger partial charge in [-0.25, -0.2) is 0 Å². The fraction of sp³-hybridized carbons (Fsp3) is 0.625. The molecule has 0 radical (unpaired) electrons. The van der Waals surface area contributed by atoms with Crippen molar-refractivity contribution in [3.8, 4) is 5.75 Å². The minimum atomic E-state index is -0.405. The minimum absolute atomic E-state index is 0.0649. The monoisotopic (exact) mass is 292 g/mol. The zero-order valence-electron chi connectivity index (χ0n) is 12.5. The Balaban J connectivity index is 1.51. The van der Waals surface area contributed by atoms with Crippen molar-refractivity contribution >= 4 is 0 Å². The summed E-state index contributed by atoms with van der Waals surface area (Å²) in [5, 5.41) is 3.55. The van der Waals surface area contributed by atoms with Crippen molar-refractivity contribution in [3.05, 3.63) is 29.8 Å². The summed E-state index contributed by atoms with van der Waals surface area (Å²) in [6.07, 6.45) is 2.67. The molecule has 116 valence electrons. The Morgan fingerprint density at radius 1 is 1.29 bits per heavy atom. The van der Waals surface area contributed by atoms with Crippen molar-refractivity contribution in [1.82, 2.24) is 5.32 Å². The summed E-state index contributed by atoms with van der Waals surface area (Å²) in [6.45, 7) is 2.20. The Hall–Kier alpha value is -1.14. The van der Waals surface area contributed by atoms with Crippen molar-refractivity contribution in [2.75, 3.05) is 20.3 Å². The van der Waals surface area contributed by atoms with Crippen LogP contribution in [0.1, 0.15) is 24.8 Å². The molecule has 3 N–H and O–H groups in total. The maximum atomic E-state index is 6.30. The van der Waals surface area contributed by atoms with Crippen LogP contribution in [0, 0.1) is 0 Å². The summed E-state index contributed by atoms with van der Waals surface area (Å²) in [7, 11) is 1.68. The Kier molecular flexibility index (Phi) is 4.45. The quantitative estimate of drug-likeness (QED) is 0.878. The van der Waals surface area contributed by atoms with E-state index in [4.69, 9.17) is 19.9 Å². The molecular weight excluding hydrogens is 268 g/mol. The van der Waals surface area contributed by atoms with Crippen LogP contribution in [0.5, 0.6) is 5.75 Å². The highest BCUT2D eigenvalue weighted by Crippen LogP contribution is 2.35. The summed E-state index contributed by atoms with van der Waals surface area (Å²) >= 11 is 0. The molecule has 1 saturated heterocycles. The van der Waals surface area contributed by atoms with E-state index >= 15 is 0 Å². The Labute approximate surface area is 125 Å². The molecule has 1 heterocycles. The van der Waals surface area contributed by atoms with Gasteiger partial charge in [0.2, 0.25) is 0 Å². The van der Waals surface area contributed by atoms with Crippen LogP contribution >= 0.6 is 0 Å². The van der Waals surface area contributed by atoms with Crippen LogP contribution in [0.3, 0.4) is 0 Å². The zero-order valence-corrected chi connectivity index (χ0v) is 12.5. The van der Waals surface area contributed by atoms with Crippen molar-refractivity contribution in [1.29, 1.82) is 0 Å². The molecule has 2 fully saturated rings. The van der Waals surface area contributed by atoms with E-state index in [1.54, 1.807) is 7.11 Å². The standard InChI is InChI=1S/C16H24N2O3/c1-19-13-4-2-12(3-5-13)11-18-15-6-7-16(10-14(15)17)20-8-9-21-16/h2-5,14-15,18H,6-11,17H2,1H3/t14-,15-/m1/s1. The van der Waals surface area contributed by atoms with Gasteiger partial charge in [0.15, 0.2) is 5.79 Å². The van der Waals surface area contributed by atoms with Crippen molar-refractivity contribution in [2.24, 2.45) is 5.73 Å². The van der Waals surface area contributed by atoms with E-state index in [9.17, 15) is 0 Å². The summed E-state index contributed by atoms with van der Waals surface area (Å²) in [5.41, 5.74) is 7.53. The van der Waals surface area contributed by atoms with E-state index in [2.05, 4.69) is 17.4 Å². The third kappa shape index (κ3) is 3.37. The molecule has 1 spiro atoms. The fourth-order valence-electron chi connectivity index (χ4n) is 3.20. The second kappa shape index (κ2) is 6.32. The van der Waals surface area contributed by atoms with Gasteiger partial charge >= 0.3 is 0 Å². The number of ether oxygens (including phenoxy) is 3. The number of methoxy groups -OCH3 is 1. The summed E-state index contributed by atoms with van der Waals surface area (Å²) in [4.78, 5) is 0. The molecular formula is C16H24N2O3. The maximum Gasteiger partial charge on any atom is 0.170 e. The second-order valence-electron chi connectivity index (χ2n) is 5.85. The van der Waals surface area contributed by atoms with Crippen molar-refractivity contribution < 1.29 is 14.2 Å². The molecule has 5 heteroatoms. The number of benzene rings is 1. The predicted octanol–water partition coefficient (Wildman–Crippen LogP) is 1.41. The molecule has 1 aliphatic carbocycles. The number of rotatable bonds is 4. The molecule has 5 nitrogen and oxygen atoms in total. The third-order valence-corrected chi connectivity index (χ3v) is 4.44. The van der Waals surface area contributed by atoms with E-state index in [1.165, 1.54) is 5.56 Å². The van der Waals surface area contributed by atoms with Crippen LogP contribution in [-0.4, -0.2) is 38.2 Å². The van der Waals surface area contributed by atoms with Gasteiger partial charge < -0.3 is 25.3 Å². The van der Waals surface area contributed by atoms with Gasteiger partial charge in [0.1, 0.15) is 5.75 Å². The number of hydrogen-bond acceptors (Lipinski definition) is 5. The molecule has 21 heavy (non-hydrogen) atoms. The largest absolute Gasteiger partial charge is 0.497 e. The Morgan fingerprint density at radius 3 is 2.62 bits per heavy atom. The highest BCUT2D eigenvalue weighted by Gasteiger charge is 2.43. The second-order valence-corrected chi connectivity index (χ2v) is 5.85. The summed E-state index contributed by atoms with van der Waals surface area (Å²) in [5.74, 6) is 0.475. The molecule has 1 aromatic rings. The number of nitrogens with two attached hydrogens (primary N) is 1. The maximum absolute atomic E-state index is 6.30. The first kappa shape index (κ1) is 14.8. The number of nitrogens with one attached hydrogen (secondary N) is 1. The van der Waals surface area contributed by atoms with Crippen LogP contribution in [0.4, 0.5) is 0 Å². The van der Waals surface area contributed by atoms with Crippen LogP contribution in [0.15, 0.2) is 24.3 Å². The molecule has 3 rings (SSSR count). The minimum Gasteiger partial charge on any atom is -0.497 e. The molecule has 1 aromatic carbocycles. The first-order chi connectivity index (χ1) is 10.2. The molecule has 1 saturated carbocycles. The van der Waals surface area contributed by atoms with E-state index in [0.717, 1.165) is 31.6 Å². The third-order valence-electron chi connectivity index (χ3n) is 4.44. The van der Waals surface area contributed by atoms with Crippen molar-refractivity contribution in [3.63, 3.8) is 0 Å². The van der Waals surface area contributed by atoms with Gasteiger partial charge in [-0.05, 0) is 24.1 Å². The van der Waals surface area contributed by atoms with Gasteiger partial charge in [0.25, 0.3) is 0 Å². The van der Waals surface area contributed by atoms with Crippen molar-refractivity contribution in [2.45, 2.75) is 43.7 Å². The average Bonchev–Trinajstić information content (AvgIpc) is 2.95. The summed E-state index contributed by atoms with van der Waals surface area (Å²) in [6, 6.07) is 8.48. The average molecular weight is 292 g/mol. The smallest absolute Gasteiger partial charge is 0.170 e. The van der Waals surface area contributed by atoms with E-state index in [-0.39, 0.29) is 6.04 Å². The molecule has 2 aliphatic rings. The van der Waals surface area contributed by atoms with Gasteiger partial charge in [-0.1, -0.05) is 12.1 Å². The fourth-order valence-corrected chi connectivity index (χ4v) is 3.20. The summed E-state index contributed by atoms with van der Waals surface area (Å²) < 4.78 is 16.7. The normalized spacial score (nSPS) is 27.9. The molecule has 1 aliphatic heterocycles. The molecule has 0 amide bonds. The number of hydrogen-bond donors (Lipinski definition) is 2. The topological polar surface area (TPSA) is 65.7 Å². The van der Waals surface area contributed by atoms with Gasteiger partial charge in [-0.15, -0.1) is 0 Å². The van der Waals surface area contributed by atoms with Gasteiger partial charge in [-0.2, -0.15) is 0 Å². The molecule has 0 bridgehead atoms. The molecule has 0 unspecified atom stereocenters. The van der Waals surface area contributed by atoms with Gasteiger partial charge in [-0.3, -0.25) is 0 Å². The van der Waals surface area contributed by atoms with E-state index in [0.29, 0.717) is 19.3 Å². The lowest BCUT2D eigenvalue weighted by Crippen LogP contribution is -2.54. The Morgan fingerprint density at radius 2 is 2.00 bits per heavy atom. The first-order valence-corrected chi connectivity index (χ1v) is 7.61. The highest BCUT2D eigenvalue weighted by atomic mass is 16.7. The van der Waals surface area contributed by atoms with Crippen LogP contribution in [0.2, 0.25) is 0 Å². The van der Waals surface area contributed by atoms with Gasteiger partial charge in [0, 0.05) is 31.5 Å². The van der Waals surface area contributed by atoms with Crippen LogP contribution in [0.25, 0.3) is 0 Å². The lowest BCUT2D eigenvalue weighted by atomic mass is 9.86. The predicted molar refractivity (Wildman–Crippen MR) is 80.1 cm³/mol. The van der Waals surface area contributed by atoms with Crippen LogP contribution in [-0.2, 0) is 16.0 Å². The first-order valence-electron chi connectivity index (χ1n) is 7.61.